The van der Waals surface area contributed by atoms with Gasteiger partial charge >= 0.3 is 5.97 Å². The van der Waals surface area contributed by atoms with Gasteiger partial charge in [0.25, 0.3) is 0 Å². The molecule has 1 aliphatic rings. The van der Waals surface area contributed by atoms with E-state index in [1.807, 2.05) is 0 Å². The largest absolute Gasteiger partial charge is 0.507 e. The summed E-state index contributed by atoms with van der Waals surface area (Å²) in [7, 11) is 5.52. The highest BCUT2D eigenvalue weighted by Crippen LogP contribution is 2.45. The summed E-state index contributed by atoms with van der Waals surface area (Å²) in [6, 6.07) is 9.33. The molecule has 0 saturated carbocycles. The molecule has 2 aromatic carbocycles. The van der Waals surface area contributed by atoms with Crippen LogP contribution in [0.3, 0.4) is 0 Å². The Morgan fingerprint density at radius 3 is 2.03 bits per heavy atom. The Morgan fingerprint density at radius 2 is 1.45 bits per heavy atom. The van der Waals surface area contributed by atoms with Crippen molar-refractivity contribution in [2.24, 2.45) is 0 Å². The van der Waals surface area contributed by atoms with Crippen LogP contribution in [-0.2, 0) is 14.3 Å². The SMILES string of the molecule is COC(=O)CC(C1=C(O)c2ccccc2C(=O)C1=O)c1cc(OC)c(OC)cc1OC. The van der Waals surface area contributed by atoms with Crippen LogP contribution in [0.5, 0.6) is 17.2 Å². The highest BCUT2D eigenvalue weighted by molar-refractivity contribution is 6.52. The smallest absolute Gasteiger partial charge is 0.306 e. The van der Waals surface area contributed by atoms with Gasteiger partial charge in [-0.3, -0.25) is 14.4 Å². The van der Waals surface area contributed by atoms with Gasteiger partial charge in [0, 0.05) is 28.7 Å². The van der Waals surface area contributed by atoms with Crippen LogP contribution < -0.4 is 14.2 Å². The van der Waals surface area contributed by atoms with Crippen molar-refractivity contribution in [3.8, 4) is 17.2 Å². The van der Waals surface area contributed by atoms with Gasteiger partial charge in [-0.2, -0.15) is 0 Å². The number of hydrogen-bond acceptors (Lipinski definition) is 8. The maximum absolute atomic E-state index is 13.0. The van der Waals surface area contributed by atoms with Crippen molar-refractivity contribution < 1.29 is 38.4 Å². The number of hydrogen-bond donors (Lipinski definition) is 1. The Hall–Kier alpha value is -3.81. The first kappa shape index (κ1) is 21.9. The number of allylic oxidation sites excluding steroid dienone is 1. The molecule has 1 unspecified atom stereocenters. The Bertz CT molecular complexity index is 1080. The molecule has 0 saturated heterocycles. The first-order valence-corrected chi connectivity index (χ1v) is 9.36. The van der Waals surface area contributed by atoms with Gasteiger partial charge in [0.1, 0.15) is 11.5 Å². The summed E-state index contributed by atoms with van der Waals surface area (Å²) in [4.78, 5) is 38.0. The summed E-state index contributed by atoms with van der Waals surface area (Å²) in [6.45, 7) is 0. The molecule has 0 aromatic heterocycles. The van der Waals surface area contributed by atoms with Crippen LogP contribution in [0.1, 0.15) is 33.8 Å². The molecule has 2 aromatic rings. The predicted molar refractivity (Wildman–Crippen MR) is 111 cm³/mol. The average molecular weight is 426 g/mol. The van der Waals surface area contributed by atoms with Gasteiger partial charge in [0.05, 0.1) is 40.4 Å². The lowest BCUT2D eigenvalue weighted by Gasteiger charge is -2.26. The van der Waals surface area contributed by atoms with Crippen LogP contribution in [-0.4, -0.2) is 51.1 Å². The molecule has 0 bridgehead atoms. The van der Waals surface area contributed by atoms with Crippen LogP contribution in [0.2, 0.25) is 0 Å². The first-order chi connectivity index (χ1) is 14.9. The van der Waals surface area contributed by atoms with E-state index in [-0.39, 0.29) is 34.6 Å². The topological polar surface area (TPSA) is 108 Å². The third-order valence-electron chi connectivity index (χ3n) is 5.19. The van der Waals surface area contributed by atoms with E-state index >= 15 is 0 Å². The van der Waals surface area contributed by atoms with Crippen LogP contribution in [0.25, 0.3) is 5.76 Å². The number of fused-ring (bicyclic) bond motifs is 1. The van der Waals surface area contributed by atoms with E-state index in [1.165, 1.54) is 40.6 Å². The number of esters is 1. The summed E-state index contributed by atoms with van der Waals surface area (Å²) in [5.41, 5.74) is 0.466. The Morgan fingerprint density at radius 1 is 0.871 bits per heavy atom. The fraction of sp³-hybridized carbons (Fsp3) is 0.261. The normalized spacial score (nSPS) is 14.1. The van der Waals surface area contributed by atoms with E-state index in [0.29, 0.717) is 17.1 Å². The molecule has 8 nitrogen and oxygen atoms in total. The maximum atomic E-state index is 13.0. The molecule has 0 aliphatic heterocycles. The highest BCUT2D eigenvalue weighted by Gasteiger charge is 2.39. The van der Waals surface area contributed by atoms with Gasteiger partial charge in [0.15, 0.2) is 11.5 Å². The van der Waals surface area contributed by atoms with Gasteiger partial charge in [-0.05, 0) is 6.07 Å². The van der Waals surface area contributed by atoms with Gasteiger partial charge in [-0.25, -0.2) is 0 Å². The van der Waals surface area contributed by atoms with Gasteiger partial charge in [-0.1, -0.05) is 24.3 Å². The second-order valence-corrected chi connectivity index (χ2v) is 6.75. The molecule has 0 fully saturated rings. The van der Waals surface area contributed by atoms with Crippen LogP contribution in [0.4, 0.5) is 0 Å². The molecular weight excluding hydrogens is 404 g/mol. The van der Waals surface area contributed by atoms with E-state index in [9.17, 15) is 19.5 Å². The number of carbonyl (C=O) groups excluding carboxylic acids is 3. The fourth-order valence-corrected chi connectivity index (χ4v) is 3.65. The summed E-state index contributed by atoms with van der Waals surface area (Å²) < 4.78 is 20.9. The van der Waals surface area contributed by atoms with E-state index in [1.54, 1.807) is 24.3 Å². The van der Waals surface area contributed by atoms with E-state index in [0.717, 1.165) is 0 Å². The standard InChI is InChI=1S/C23H22O8/c1-28-16-11-18(30-3)17(29-2)9-14(16)15(10-19(24)31-4)20-21(25)12-7-5-6-8-13(12)22(26)23(20)27/h5-9,11,15,25H,10H2,1-4H3. The molecule has 1 atom stereocenters. The van der Waals surface area contributed by atoms with Crippen molar-refractivity contribution in [2.45, 2.75) is 12.3 Å². The van der Waals surface area contributed by atoms with E-state index in [2.05, 4.69) is 0 Å². The summed E-state index contributed by atoms with van der Waals surface area (Å²) >= 11 is 0. The minimum absolute atomic E-state index is 0.102. The van der Waals surface area contributed by atoms with E-state index < -0.39 is 23.5 Å². The first-order valence-electron chi connectivity index (χ1n) is 9.36. The minimum Gasteiger partial charge on any atom is -0.507 e. The highest BCUT2D eigenvalue weighted by atomic mass is 16.5. The average Bonchev–Trinajstić information content (AvgIpc) is 2.80. The van der Waals surface area contributed by atoms with Crippen molar-refractivity contribution in [1.29, 1.82) is 0 Å². The lowest BCUT2D eigenvalue weighted by molar-refractivity contribution is -0.140. The number of ether oxygens (including phenoxy) is 4. The van der Waals surface area contributed by atoms with Crippen LogP contribution in [0, 0.1) is 0 Å². The number of ketones is 2. The number of rotatable bonds is 7. The third kappa shape index (κ3) is 3.84. The number of carbonyl (C=O) groups is 3. The van der Waals surface area contributed by atoms with Gasteiger partial charge in [-0.15, -0.1) is 0 Å². The molecule has 0 heterocycles. The molecule has 31 heavy (non-hydrogen) atoms. The molecule has 0 amide bonds. The molecule has 8 heteroatoms. The third-order valence-corrected chi connectivity index (χ3v) is 5.19. The van der Waals surface area contributed by atoms with Gasteiger partial charge in [0.2, 0.25) is 11.6 Å². The quantitative estimate of drug-likeness (QED) is 0.532. The molecule has 1 aliphatic carbocycles. The Labute approximate surface area is 179 Å². The van der Waals surface area contributed by atoms with Crippen molar-refractivity contribution in [2.75, 3.05) is 28.4 Å². The molecule has 3 rings (SSSR count). The number of aliphatic hydroxyl groups is 1. The van der Waals surface area contributed by atoms with Crippen LogP contribution >= 0.6 is 0 Å². The van der Waals surface area contributed by atoms with Crippen molar-refractivity contribution in [3.05, 3.63) is 58.7 Å². The number of Topliss-reactive ketones (excluding diaryl/α,β-unsaturated/α-hetero) is 2. The van der Waals surface area contributed by atoms with Crippen molar-refractivity contribution in [3.63, 3.8) is 0 Å². The van der Waals surface area contributed by atoms with Crippen molar-refractivity contribution in [1.82, 2.24) is 0 Å². The lowest BCUT2D eigenvalue weighted by atomic mass is 9.78. The molecular formula is C23H22O8. The maximum Gasteiger partial charge on any atom is 0.306 e. The second-order valence-electron chi connectivity index (χ2n) is 6.75. The zero-order valence-electron chi connectivity index (χ0n) is 17.6. The fourth-order valence-electron chi connectivity index (χ4n) is 3.65. The number of aliphatic hydroxyl groups excluding tert-OH is 1. The predicted octanol–water partition coefficient (Wildman–Crippen LogP) is 3.09. The number of benzene rings is 2. The summed E-state index contributed by atoms with van der Waals surface area (Å²) in [5.74, 6) is -2.73. The minimum atomic E-state index is -1.04. The Kier molecular flexibility index (Phi) is 6.29. The van der Waals surface area contributed by atoms with E-state index in [4.69, 9.17) is 18.9 Å². The molecule has 162 valence electrons. The molecule has 1 N–H and O–H groups in total. The zero-order valence-corrected chi connectivity index (χ0v) is 17.6. The van der Waals surface area contributed by atoms with Crippen LogP contribution in [0.15, 0.2) is 42.0 Å². The lowest BCUT2D eigenvalue weighted by Crippen LogP contribution is -2.28. The second kappa shape index (κ2) is 8.91. The summed E-state index contributed by atoms with van der Waals surface area (Å²) in [5, 5.41) is 11.0. The summed E-state index contributed by atoms with van der Waals surface area (Å²) in [6.07, 6.45) is -0.317. The zero-order chi connectivity index (χ0) is 22.7. The number of methoxy groups -OCH3 is 4. The van der Waals surface area contributed by atoms with Crippen molar-refractivity contribution >= 4 is 23.3 Å². The molecule has 0 radical (unpaired) electrons. The Balaban J connectivity index is 2.30. The monoisotopic (exact) mass is 426 g/mol. The molecule has 0 spiro atoms. The van der Waals surface area contributed by atoms with Gasteiger partial charge < -0.3 is 24.1 Å².